The molecule has 0 bridgehead atoms. The van der Waals surface area contributed by atoms with E-state index in [1.807, 2.05) is 0 Å². The summed E-state index contributed by atoms with van der Waals surface area (Å²) in [6.07, 6.45) is 0. The van der Waals surface area contributed by atoms with Gasteiger partial charge in [0.25, 0.3) is 5.91 Å². The summed E-state index contributed by atoms with van der Waals surface area (Å²) in [4.78, 5) is 24.2. The Morgan fingerprint density at radius 1 is 1.11 bits per heavy atom. The molecule has 2 aromatic carbocycles. The summed E-state index contributed by atoms with van der Waals surface area (Å²) in [5, 5.41) is 5.53. The van der Waals surface area contributed by atoms with Gasteiger partial charge in [-0.1, -0.05) is 17.7 Å². The molecule has 2 N–H and O–H groups in total. The Morgan fingerprint density at radius 3 is 2.32 bits per heavy atom. The minimum absolute atomic E-state index is 0.135. The van der Waals surface area contributed by atoms with Crippen molar-refractivity contribution in [2.45, 2.75) is 24.8 Å². The number of hydrogen-bond acceptors (Lipinski definition) is 4. The van der Waals surface area contributed by atoms with Crippen molar-refractivity contribution < 1.29 is 18.0 Å². The van der Waals surface area contributed by atoms with Gasteiger partial charge in [-0.3, -0.25) is 9.59 Å². The van der Waals surface area contributed by atoms with Gasteiger partial charge in [-0.2, -0.15) is 4.31 Å². The molecule has 0 atom stereocenters. The van der Waals surface area contributed by atoms with E-state index in [9.17, 15) is 18.0 Å². The van der Waals surface area contributed by atoms with E-state index in [4.69, 9.17) is 11.6 Å². The lowest BCUT2D eigenvalue weighted by Crippen LogP contribution is -2.33. The molecule has 150 valence electrons. The second-order valence-corrected chi connectivity index (χ2v) is 8.81. The van der Waals surface area contributed by atoms with Crippen LogP contribution < -0.4 is 10.6 Å². The molecule has 0 saturated heterocycles. The van der Waals surface area contributed by atoms with Crippen molar-refractivity contribution in [3.63, 3.8) is 0 Å². The zero-order valence-electron chi connectivity index (χ0n) is 15.8. The molecule has 28 heavy (non-hydrogen) atoms. The zero-order chi connectivity index (χ0) is 20.9. The third-order valence-electron chi connectivity index (χ3n) is 4.04. The standard InChI is InChI=1S/C19H22ClN3O4S/c1-13(2)23(3)28(26,27)17-9-7-16(8-10-17)22-18(24)12-21-19(25)14-5-4-6-15(20)11-14/h4-11,13H,12H2,1-3H3,(H,21,25)(H,22,24). The number of nitrogens with one attached hydrogen (secondary N) is 2. The first-order valence-electron chi connectivity index (χ1n) is 8.53. The molecule has 0 aliphatic rings. The van der Waals surface area contributed by atoms with Gasteiger partial charge in [-0.25, -0.2) is 8.42 Å². The fraction of sp³-hybridized carbons (Fsp3) is 0.263. The smallest absolute Gasteiger partial charge is 0.251 e. The predicted molar refractivity (Wildman–Crippen MR) is 109 cm³/mol. The summed E-state index contributed by atoms with van der Waals surface area (Å²) in [5.41, 5.74) is 0.775. The third kappa shape index (κ3) is 5.54. The topological polar surface area (TPSA) is 95.6 Å². The molecule has 0 fully saturated rings. The molecule has 0 saturated carbocycles. The Bertz CT molecular complexity index is 959. The lowest BCUT2D eigenvalue weighted by Gasteiger charge is -2.21. The third-order valence-corrected chi connectivity index (χ3v) is 6.32. The summed E-state index contributed by atoms with van der Waals surface area (Å²) in [6, 6.07) is 12.1. The number of sulfonamides is 1. The van der Waals surface area contributed by atoms with Crippen LogP contribution in [-0.2, 0) is 14.8 Å². The van der Waals surface area contributed by atoms with E-state index in [2.05, 4.69) is 10.6 Å². The zero-order valence-corrected chi connectivity index (χ0v) is 17.3. The Balaban J connectivity index is 1.95. The molecule has 0 aromatic heterocycles. The largest absolute Gasteiger partial charge is 0.343 e. The second-order valence-electron chi connectivity index (χ2n) is 6.38. The maximum Gasteiger partial charge on any atom is 0.251 e. The van der Waals surface area contributed by atoms with Crippen LogP contribution in [0.4, 0.5) is 5.69 Å². The number of carbonyl (C=O) groups excluding carboxylic acids is 2. The van der Waals surface area contributed by atoms with Gasteiger partial charge in [-0.05, 0) is 56.3 Å². The highest BCUT2D eigenvalue weighted by Gasteiger charge is 2.22. The number of amides is 2. The first kappa shape index (κ1) is 21.9. The summed E-state index contributed by atoms with van der Waals surface area (Å²) in [5.74, 6) is -0.860. The molecule has 0 unspecified atom stereocenters. The van der Waals surface area contributed by atoms with Crippen LogP contribution >= 0.6 is 11.6 Å². The van der Waals surface area contributed by atoms with Crippen molar-refractivity contribution in [2.75, 3.05) is 18.9 Å². The molecule has 7 nitrogen and oxygen atoms in total. The molecule has 0 aliphatic carbocycles. The molecule has 9 heteroatoms. The van der Waals surface area contributed by atoms with Crippen LogP contribution in [0.3, 0.4) is 0 Å². The van der Waals surface area contributed by atoms with Crippen LogP contribution in [0.2, 0.25) is 5.02 Å². The van der Waals surface area contributed by atoms with Gasteiger partial charge < -0.3 is 10.6 Å². The van der Waals surface area contributed by atoms with Gasteiger partial charge in [0.15, 0.2) is 0 Å². The van der Waals surface area contributed by atoms with Crippen LogP contribution in [0, 0.1) is 0 Å². The average Bonchev–Trinajstić information content (AvgIpc) is 2.65. The van der Waals surface area contributed by atoms with E-state index in [-0.39, 0.29) is 17.5 Å². The van der Waals surface area contributed by atoms with Gasteiger partial charge in [0, 0.05) is 29.4 Å². The van der Waals surface area contributed by atoms with Gasteiger partial charge in [0.1, 0.15) is 0 Å². The highest BCUT2D eigenvalue weighted by atomic mass is 35.5. The molecule has 0 radical (unpaired) electrons. The SMILES string of the molecule is CC(C)N(C)S(=O)(=O)c1ccc(NC(=O)CNC(=O)c2cccc(Cl)c2)cc1. The minimum Gasteiger partial charge on any atom is -0.343 e. The van der Waals surface area contributed by atoms with E-state index < -0.39 is 21.8 Å². The van der Waals surface area contributed by atoms with E-state index >= 15 is 0 Å². The monoisotopic (exact) mass is 423 g/mol. The molecule has 0 spiro atoms. The lowest BCUT2D eigenvalue weighted by molar-refractivity contribution is -0.115. The Hall–Kier alpha value is -2.42. The van der Waals surface area contributed by atoms with E-state index in [1.165, 1.54) is 41.7 Å². The van der Waals surface area contributed by atoms with Crippen molar-refractivity contribution in [1.29, 1.82) is 0 Å². The van der Waals surface area contributed by atoms with Crippen molar-refractivity contribution in [1.82, 2.24) is 9.62 Å². The Morgan fingerprint density at radius 2 is 1.75 bits per heavy atom. The van der Waals surface area contributed by atoms with E-state index in [0.29, 0.717) is 16.3 Å². The molecule has 2 rings (SSSR count). The first-order valence-corrected chi connectivity index (χ1v) is 10.3. The number of nitrogens with zero attached hydrogens (tertiary/aromatic N) is 1. The number of benzene rings is 2. The van der Waals surface area contributed by atoms with Crippen LogP contribution in [-0.4, -0.2) is 44.2 Å². The van der Waals surface area contributed by atoms with Gasteiger partial charge >= 0.3 is 0 Å². The molecule has 2 amide bonds. The highest BCUT2D eigenvalue weighted by Crippen LogP contribution is 2.19. The van der Waals surface area contributed by atoms with Gasteiger partial charge in [-0.15, -0.1) is 0 Å². The Labute approximate surface area is 169 Å². The molecule has 0 aliphatic heterocycles. The number of carbonyl (C=O) groups is 2. The lowest BCUT2D eigenvalue weighted by atomic mass is 10.2. The van der Waals surface area contributed by atoms with Gasteiger partial charge in [0.2, 0.25) is 15.9 Å². The second kappa shape index (κ2) is 9.18. The van der Waals surface area contributed by atoms with Crippen LogP contribution in [0.1, 0.15) is 24.2 Å². The van der Waals surface area contributed by atoms with Gasteiger partial charge in [0.05, 0.1) is 11.4 Å². The number of anilines is 1. The van der Waals surface area contributed by atoms with Crippen LogP contribution in [0.15, 0.2) is 53.4 Å². The first-order chi connectivity index (χ1) is 13.1. The molecule has 0 heterocycles. The maximum atomic E-state index is 12.4. The van der Waals surface area contributed by atoms with Crippen molar-refractivity contribution in [3.8, 4) is 0 Å². The predicted octanol–water partition coefficient (Wildman–Crippen LogP) is 2.74. The summed E-state index contributed by atoms with van der Waals surface area (Å²) >= 11 is 5.84. The van der Waals surface area contributed by atoms with E-state index in [1.54, 1.807) is 32.0 Å². The molecule has 2 aromatic rings. The molecular weight excluding hydrogens is 402 g/mol. The summed E-state index contributed by atoms with van der Waals surface area (Å²) in [7, 11) is -2.07. The van der Waals surface area contributed by atoms with Crippen LogP contribution in [0.25, 0.3) is 0 Å². The normalized spacial score (nSPS) is 11.5. The van der Waals surface area contributed by atoms with E-state index in [0.717, 1.165) is 0 Å². The summed E-state index contributed by atoms with van der Waals surface area (Å²) < 4.78 is 26.1. The number of rotatable bonds is 7. The Kier molecular flexibility index (Phi) is 7.17. The molecular formula is C19H22ClN3O4S. The minimum atomic E-state index is -3.59. The average molecular weight is 424 g/mol. The van der Waals surface area contributed by atoms with Crippen molar-refractivity contribution in [2.24, 2.45) is 0 Å². The number of halogens is 1. The van der Waals surface area contributed by atoms with Crippen molar-refractivity contribution >= 4 is 39.1 Å². The quantitative estimate of drug-likeness (QED) is 0.715. The van der Waals surface area contributed by atoms with Crippen LogP contribution in [0.5, 0.6) is 0 Å². The number of hydrogen-bond donors (Lipinski definition) is 2. The fourth-order valence-electron chi connectivity index (χ4n) is 2.25. The summed E-state index contributed by atoms with van der Waals surface area (Å²) in [6.45, 7) is 3.33. The highest BCUT2D eigenvalue weighted by molar-refractivity contribution is 7.89. The van der Waals surface area contributed by atoms with Crippen molar-refractivity contribution in [3.05, 3.63) is 59.1 Å². The maximum absolute atomic E-state index is 12.4. The fourth-order valence-corrected chi connectivity index (χ4v) is 3.81.